The number of amides is 1. The number of fused-ring (bicyclic) bond motifs is 1. The Kier molecular flexibility index (Phi) is 3.91. The van der Waals surface area contributed by atoms with Crippen LogP contribution in [0.25, 0.3) is 0 Å². The lowest BCUT2D eigenvalue weighted by atomic mass is 9.85. The minimum absolute atomic E-state index is 0.0231. The number of nitrogens with one attached hydrogen (secondary N) is 1. The average Bonchev–Trinajstić information content (AvgIpc) is 2.34. The highest BCUT2D eigenvalue weighted by Crippen LogP contribution is 2.38. The van der Waals surface area contributed by atoms with Crippen LogP contribution < -0.4 is 10.2 Å². The van der Waals surface area contributed by atoms with Gasteiger partial charge in [0.2, 0.25) is 0 Å². The van der Waals surface area contributed by atoms with E-state index in [0.717, 1.165) is 17.9 Å². The molecule has 1 heterocycles. The number of carbonyl (C=O) groups is 1. The Morgan fingerprint density at radius 3 is 2.43 bits per heavy atom. The summed E-state index contributed by atoms with van der Waals surface area (Å²) in [5.74, 6) is 0. The summed E-state index contributed by atoms with van der Waals surface area (Å²) in [7, 11) is 0. The highest BCUT2D eigenvalue weighted by Gasteiger charge is 2.30. The minimum Gasteiger partial charge on any atom is -0.443 e. The van der Waals surface area contributed by atoms with Crippen LogP contribution in [0.5, 0.6) is 0 Å². The fourth-order valence-corrected chi connectivity index (χ4v) is 2.50. The molecule has 0 aromatic heterocycles. The molecule has 1 N–H and O–H groups in total. The number of carbonyl (C=O) groups excluding carboxylic acids is 1. The minimum atomic E-state index is -0.482. The van der Waals surface area contributed by atoms with Crippen molar-refractivity contribution in [3.8, 4) is 0 Å². The largest absolute Gasteiger partial charge is 0.443 e. The van der Waals surface area contributed by atoms with E-state index in [1.807, 2.05) is 32.9 Å². The lowest BCUT2D eigenvalue weighted by molar-refractivity contribution is 0.0581. The fraction of sp³-hybridized carbons (Fsp3) is 0.588. The summed E-state index contributed by atoms with van der Waals surface area (Å²) < 4.78 is 5.52. The second kappa shape index (κ2) is 5.24. The first-order valence-electron chi connectivity index (χ1n) is 7.47. The molecule has 0 aliphatic carbocycles. The van der Waals surface area contributed by atoms with Crippen molar-refractivity contribution in [3.05, 3.63) is 23.8 Å². The van der Waals surface area contributed by atoms with E-state index in [9.17, 15) is 4.79 Å². The van der Waals surface area contributed by atoms with Crippen LogP contribution in [0.4, 0.5) is 16.2 Å². The smallest absolute Gasteiger partial charge is 0.414 e. The Labute approximate surface area is 127 Å². The van der Waals surface area contributed by atoms with Crippen LogP contribution in [0.2, 0.25) is 0 Å². The second-order valence-electron chi connectivity index (χ2n) is 7.51. The van der Waals surface area contributed by atoms with Crippen LogP contribution in [0.1, 0.15) is 47.1 Å². The lowest BCUT2D eigenvalue weighted by Gasteiger charge is -2.35. The van der Waals surface area contributed by atoms with Gasteiger partial charge in [0.05, 0.1) is 11.4 Å². The molecule has 0 atom stereocenters. The molecule has 1 aliphatic rings. The summed E-state index contributed by atoms with van der Waals surface area (Å²) in [6, 6.07) is 6.09. The zero-order chi connectivity index (χ0) is 15.8. The van der Waals surface area contributed by atoms with E-state index in [1.165, 1.54) is 5.56 Å². The summed E-state index contributed by atoms with van der Waals surface area (Å²) in [6.07, 6.45) is -0.281. The van der Waals surface area contributed by atoms with E-state index in [0.29, 0.717) is 6.54 Å². The van der Waals surface area contributed by atoms with E-state index < -0.39 is 5.60 Å². The van der Waals surface area contributed by atoms with Crippen molar-refractivity contribution in [2.75, 3.05) is 23.3 Å². The van der Waals surface area contributed by atoms with Crippen molar-refractivity contribution in [3.63, 3.8) is 0 Å². The molecule has 0 bridgehead atoms. The first-order chi connectivity index (χ1) is 9.59. The monoisotopic (exact) mass is 290 g/mol. The molecule has 0 radical (unpaired) electrons. The van der Waals surface area contributed by atoms with Crippen LogP contribution in [0, 0.1) is 0 Å². The normalized spacial score (nSPS) is 15.2. The molecule has 1 aliphatic heterocycles. The third-order valence-electron chi connectivity index (χ3n) is 3.39. The number of benzene rings is 1. The lowest BCUT2D eigenvalue weighted by Crippen LogP contribution is -2.42. The molecular weight excluding hydrogens is 264 g/mol. The van der Waals surface area contributed by atoms with Crippen molar-refractivity contribution >= 4 is 17.5 Å². The molecule has 0 unspecified atom stereocenters. The molecule has 1 aromatic rings. The van der Waals surface area contributed by atoms with Gasteiger partial charge >= 0.3 is 6.09 Å². The molecule has 0 saturated carbocycles. The maximum Gasteiger partial charge on any atom is 0.414 e. The summed E-state index contributed by atoms with van der Waals surface area (Å²) in [5.41, 5.74) is 2.71. The molecule has 1 aromatic carbocycles. The predicted molar refractivity (Wildman–Crippen MR) is 87.2 cm³/mol. The number of anilines is 2. The zero-order valence-electron chi connectivity index (χ0n) is 13.9. The van der Waals surface area contributed by atoms with E-state index in [1.54, 1.807) is 4.90 Å². The third-order valence-corrected chi connectivity index (χ3v) is 3.39. The fourth-order valence-electron chi connectivity index (χ4n) is 2.50. The van der Waals surface area contributed by atoms with Gasteiger partial charge in [-0.1, -0.05) is 32.9 Å². The Morgan fingerprint density at radius 2 is 1.86 bits per heavy atom. The first-order valence-corrected chi connectivity index (χ1v) is 7.47. The summed E-state index contributed by atoms with van der Waals surface area (Å²) in [4.78, 5) is 14.1. The van der Waals surface area contributed by atoms with Gasteiger partial charge in [0, 0.05) is 13.1 Å². The number of hydrogen-bond acceptors (Lipinski definition) is 3. The Hall–Kier alpha value is -1.71. The average molecular weight is 290 g/mol. The van der Waals surface area contributed by atoms with Gasteiger partial charge in [-0.05, 0) is 37.8 Å². The number of ether oxygens (including phenoxy) is 1. The van der Waals surface area contributed by atoms with Crippen molar-refractivity contribution < 1.29 is 9.53 Å². The Morgan fingerprint density at radius 1 is 1.19 bits per heavy atom. The van der Waals surface area contributed by atoms with Crippen molar-refractivity contribution in [1.29, 1.82) is 0 Å². The highest BCUT2D eigenvalue weighted by atomic mass is 16.6. The van der Waals surface area contributed by atoms with Crippen LogP contribution in [-0.2, 0) is 10.2 Å². The van der Waals surface area contributed by atoms with Crippen molar-refractivity contribution in [2.24, 2.45) is 0 Å². The quantitative estimate of drug-likeness (QED) is 0.780. The Bertz CT molecular complexity index is 539. The maximum atomic E-state index is 12.4. The molecule has 0 spiro atoms. The van der Waals surface area contributed by atoms with Gasteiger partial charge in [-0.25, -0.2) is 4.79 Å². The highest BCUT2D eigenvalue weighted by molar-refractivity contribution is 5.94. The van der Waals surface area contributed by atoms with Gasteiger partial charge in [0.1, 0.15) is 5.60 Å². The molecule has 0 saturated heterocycles. The molecule has 2 rings (SSSR count). The number of nitrogens with zero attached hydrogens (tertiary/aromatic N) is 1. The van der Waals surface area contributed by atoms with Gasteiger partial charge in [-0.15, -0.1) is 0 Å². The number of para-hydroxylation sites is 1. The third kappa shape index (κ3) is 3.49. The van der Waals surface area contributed by atoms with Crippen LogP contribution in [-0.4, -0.2) is 24.8 Å². The zero-order valence-corrected chi connectivity index (χ0v) is 13.9. The molecule has 4 heteroatoms. The van der Waals surface area contributed by atoms with Gasteiger partial charge < -0.3 is 10.1 Å². The van der Waals surface area contributed by atoms with Gasteiger partial charge in [-0.2, -0.15) is 0 Å². The topological polar surface area (TPSA) is 41.6 Å². The van der Waals surface area contributed by atoms with Gasteiger partial charge in [-0.3, -0.25) is 4.90 Å². The summed E-state index contributed by atoms with van der Waals surface area (Å²) in [6.45, 7) is 13.6. The molecule has 0 fully saturated rings. The van der Waals surface area contributed by atoms with Crippen LogP contribution in [0.15, 0.2) is 18.2 Å². The first kappa shape index (κ1) is 15.7. The molecule has 116 valence electrons. The van der Waals surface area contributed by atoms with E-state index >= 15 is 0 Å². The van der Waals surface area contributed by atoms with E-state index in [4.69, 9.17) is 4.74 Å². The predicted octanol–water partition coefficient (Wildman–Crippen LogP) is 4.15. The number of hydrogen-bond donors (Lipinski definition) is 1. The molecule has 4 nitrogen and oxygen atoms in total. The SMILES string of the molecule is CC(C)(C)OC(=O)N1CCNc2c1cccc2C(C)(C)C. The van der Waals surface area contributed by atoms with Crippen LogP contribution in [0.3, 0.4) is 0 Å². The van der Waals surface area contributed by atoms with Crippen molar-refractivity contribution in [1.82, 2.24) is 0 Å². The maximum absolute atomic E-state index is 12.4. The summed E-state index contributed by atoms with van der Waals surface area (Å²) >= 11 is 0. The van der Waals surface area contributed by atoms with E-state index in [2.05, 4.69) is 32.2 Å². The number of rotatable bonds is 0. The second-order valence-corrected chi connectivity index (χ2v) is 7.51. The Balaban J connectivity index is 2.39. The van der Waals surface area contributed by atoms with Gasteiger partial charge in [0.15, 0.2) is 0 Å². The standard InChI is InChI=1S/C17H26N2O2/c1-16(2,3)12-8-7-9-13-14(12)18-10-11-19(13)15(20)21-17(4,5)6/h7-9,18H,10-11H2,1-6H3. The molecule has 21 heavy (non-hydrogen) atoms. The van der Waals surface area contributed by atoms with Crippen molar-refractivity contribution in [2.45, 2.75) is 52.6 Å². The molecular formula is C17H26N2O2. The summed E-state index contributed by atoms with van der Waals surface area (Å²) in [5, 5.41) is 3.44. The molecule has 1 amide bonds. The van der Waals surface area contributed by atoms with Crippen LogP contribution >= 0.6 is 0 Å². The van der Waals surface area contributed by atoms with E-state index in [-0.39, 0.29) is 11.5 Å². The van der Waals surface area contributed by atoms with Gasteiger partial charge in [0.25, 0.3) is 0 Å².